The van der Waals surface area contributed by atoms with E-state index in [0.717, 1.165) is 30.5 Å². The predicted octanol–water partition coefficient (Wildman–Crippen LogP) is 3.43. The molecule has 2 aromatic rings. The van der Waals surface area contributed by atoms with Gasteiger partial charge in [0.2, 0.25) is 10.0 Å². The highest BCUT2D eigenvalue weighted by Gasteiger charge is 2.31. The molecular weight excluding hydrogens is 442 g/mol. The summed E-state index contributed by atoms with van der Waals surface area (Å²) in [6.07, 6.45) is 1.64. The average Bonchev–Trinajstić information content (AvgIpc) is 2.69. The molecule has 1 heterocycles. The van der Waals surface area contributed by atoms with E-state index < -0.39 is 30.7 Å². The summed E-state index contributed by atoms with van der Waals surface area (Å²) in [6.45, 7) is 6.01. The first-order chi connectivity index (χ1) is 14.4. The van der Waals surface area contributed by atoms with Crippen LogP contribution in [-0.4, -0.2) is 39.2 Å². The second-order valence-electron chi connectivity index (χ2n) is 7.92. The fraction of sp³-hybridized carbons (Fsp3) is 0.400. The van der Waals surface area contributed by atoms with Crippen molar-refractivity contribution in [3.8, 4) is 0 Å². The SMILES string of the molecule is Cc1ccc(C)c(S(=O)(=O)Nc2ccc(S(=O)(=O)N3CCCC(C)C3)cc2[N+](=O)[O-])c1. The molecule has 11 heteroatoms. The number of nitrogens with zero attached hydrogens (tertiary/aromatic N) is 2. The first-order valence-electron chi connectivity index (χ1n) is 9.80. The second kappa shape index (κ2) is 8.56. The van der Waals surface area contributed by atoms with Crippen LogP contribution in [0.3, 0.4) is 0 Å². The van der Waals surface area contributed by atoms with Gasteiger partial charge in [-0.3, -0.25) is 14.8 Å². The molecule has 1 atom stereocenters. The molecule has 1 fully saturated rings. The zero-order valence-electron chi connectivity index (χ0n) is 17.5. The number of benzene rings is 2. The number of rotatable bonds is 6. The Bertz CT molecular complexity index is 1230. The number of nitro benzene ring substituents is 1. The van der Waals surface area contributed by atoms with Crippen LogP contribution in [0.5, 0.6) is 0 Å². The van der Waals surface area contributed by atoms with Gasteiger partial charge in [-0.1, -0.05) is 19.1 Å². The fourth-order valence-electron chi connectivity index (χ4n) is 3.62. The Morgan fingerprint density at radius 1 is 1.10 bits per heavy atom. The van der Waals surface area contributed by atoms with Crippen molar-refractivity contribution in [2.75, 3.05) is 17.8 Å². The zero-order valence-corrected chi connectivity index (χ0v) is 19.2. The highest BCUT2D eigenvalue weighted by molar-refractivity contribution is 7.92. The zero-order chi connectivity index (χ0) is 23.0. The molecule has 2 aromatic carbocycles. The molecule has 0 saturated carbocycles. The van der Waals surface area contributed by atoms with Crippen LogP contribution in [0.2, 0.25) is 0 Å². The van der Waals surface area contributed by atoms with E-state index in [1.807, 2.05) is 6.92 Å². The molecular formula is C20H25N3O6S2. The molecule has 1 aliphatic heterocycles. The normalized spacial score (nSPS) is 18.0. The van der Waals surface area contributed by atoms with E-state index in [1.54, 1.807) is 26.0 Å². The van der Waals surface area contributed by atoms with Gasteiger partial charge in [0.25, 0.3) is 15.7 Å². The lowest BCUT2D eigenvalue weighted by Crippen LogP contribution is -2.39. The van der Waals surface area contributed by atoms with E-state index in [0.29, 0.717) is 18.7 Å². The minimum atomic E-state index is -4.11. The van der Waals surface area contributed by atoms with Gasteiger partial charge in [0.1, 0.15) is 5.69 Å². The molecule has 0 amide bonds. The molecule has 0 bridgehead atoms. The van der Waals surface area contributed by atoms with E-state index in [2.05, 4.69) is 4.72 Å². The van der Waals surface area contributed by atoms with E-state index in [-0.39, 0.29) is 21.4 Å². The van der Waals surface area contributed by atoms with Gasteiger partial charge in [0.15, 0.2) is 0 Å². The first kappa shape index (κ1) is 23.2. The maximum Gasteiger partial charge on any atom is 0.294 e. The van der Waals surface area contributed by atoms with Crippen LogP contribution >= 0.6 is 0 Å². The van der Waals surface area contributed by atoms with Crippen LogP contribution in [0.15, 0.2) is 46.2 Å². The van der Waals surface area contributed by atoms with Crippen LogP contribution in [0.1, 0.15) is 30.9 Å². The molecule has 3 rings (SSSR count). The summed E-state index contributed by atoms with van der Waals surface area (Å²) in [7, 11) is -8.04. The van der Waals surface area contributed by atoms with Gasteiger partial charge in [-0.2, -0.15) is 4.31 Å². The Kier molecular flexibility index (Phi) is 6.40. The van der Waals surface area contributed by atoms with Crippen molar-refractivity contribution in [1.29, 1.82) is 0 Å². The Morgan fingerprint density at radius 3 is 2.45 bits per heavy atom. The van der Waals surface area contributed by atoms with Crippen LogP contribution in [-0.2, 0) is 20.0 Å². The number of piperidine rings is 1. The summed E-state index contributed by atoms with van der Waals surface area (Å²) in [5.41, 5.74) is 0.286. The molecule has 9 nitrogen and oxygen atoms in total. The fourth-order valence-corrected chi connectivity index (χ4v) is 6.64. The third-order valence-corrected chi connectivity index (χ3v) is 8.67. The quantitative estimate of drug-likeness (QED) is 0.512. The molecule has 0 aliphatic carbocycles. The smallest absolute Gasteiger partial charge is 0.273 e. The summed E-state index contributed by atoms with van der Waals surface area (Å²) in [5.74, 6) is 0.196. The number of anilines is 1. The number of nitrogens with one attached hydrogen (secondary N) is 1. The van der Waals surface area contributed by atoms with E-state index in [1.165, 1.54) is 16.4 Å². The largest absolute Gasteiger partial charge is 0.294 e. The van der Waals surface area contributed by atoms with Gasteiger partial charge in [0.05, 0.1) is 14.7 Å². The van der Waals surface area contributed by atoms with Gasteiger partial charge < -0.3 is 0 Å². The van der Waals surface area contributed by atoms with Crippen molar-refractivity contribution in [3.05, 3.63) is 57.6 Å². The van der Waals surface area contributed by atoms with Gasteiger partial charge in [0, 0.05) is 19.2 Å². The van der Waals surface area contributed by atoms with E-state index >= 15 is 0 Å². The van der Waals surface area contributed by atoms with Crippen LogP contribution in [0.25, 0.3) is 0 Å². The third kappa shape index (κ3) is 4.89. The second-order valence-corrected chi connectivity index (χ2v) is 11.5. The highest BCUT2D eigenvalue weighted by atomic mass is 32.2. The maximum atomic E-state index is 13.0. The topological polar surface area (TPSA) is 127 Å². The van der Waals surface area contributed by atoms with Crippen molar-refractivity contribution in [2.24, 2.45) is 5.92 Å². The van der Waals surface area contributed by atoms with Crippen LogP contribution < -0.4 is 4.72 Å². The van der Waals surface area contributed by atoms with Crippen molar-refractivity contribution in [2.45, 2.75) is 43.4 Å². The van der Waals surface area contributed by atoms with E-state index in [4.69, 9.17) is 0 Å². The number of hydrogen-bond donors (Lipinski definition) is 1. The summed E-state index contributed by atoms with van der Waals surface area (Å²) < 4.78 is 55.2. The van der Waals surface area contributed by atoms with Crippen molar-refractivity contribution < 1.29 is 21.8 Å². The lowest BCUT2D eigenvalue weighted by Gasteiger charge is -2.30. The Balaban J connectivity index is 2.00. The van der Waals surface area contributed by atoms with Gasteiger partial charge in [-0.15, -0.1) is 0 Å². The molecule has 31 heavy (non-hydrogen) atoms. The highest BCUT2D eigenvalue weighted by Crippen LogP contribution is 2.32. The minimum absolute atomic E-state index is 0.000741. The van der Waals surface area contributed by atoms with Crippen molar-refractivity contribution in [3.63, 3.8) is 0 Å². The number of hydrogen-bond acceptors (Lipinski definition) is 6. The summed E-state index contributed by atoms with van der Waals surface area (Å²) >= 11 is 0. The van der Waals surface area contributed by atoms with Gasteiger partial charge >= 0.3 is 0 Å². The molecule has 0 spiro atoms. The standard InChI is InChI=1S/C20H25N3O6S2/c1-14-6-7-16(3)20(11-14)30(26,27)21-18-9-8-17(12-19(18)23(24)25)31(28,29)22-10-4-5-15(2)13-22/h6-9,11-12,15,21H,4-5,10,13H2,1-3H3. The average molecular weight is 468 g/mol. The number of aryl methyl sites for hydroxylation is 2. The van der Waals surface area contributed by atoms with Crippen molar-refractivity contribution in [1.82, 2.24) is 4.31 Å². The monoisotopic (exact) mass is 467 g/mol. The predicted molar refractivity (Wildman–Crippen MR) is 117 cm³/mol. The molecule has 1 N–H and O–H groups in total. The minimum Gasteiger partial charge on any atom is -0.273 e. The molecule has 1 saturated heterocycles. The molecule has 168 valence electrons. The Labute approximate surface area is 182 Å². The van der Waals surface area contributed by atoms with Crippen molar-refractivity contribution >= 4 is 31.4 Å². The lowest BCUT2D eigenvalue weighted by molar-refractivity contribution is -0.384. The van der Waals surface area contributed by atoms with E-state index in [9.17, 15) is 26.9 Å². The maximum absolute atomic E-state index is 13.0. The van der Waals surface area contributed by atoms with Gasteiger partial charge in [-0.25, -0.2) is 16.8 Å². The number of sulfonamides is 2. The molecule has 0 radical (unpaired) electrons. The van der Waals surface area contributed by atoms with Gasteiger partial charge in [-0.05, 0) is 61.9 Å². The Hall–Kier alpha value is -2.50. The first-order valence-corrected chi connectivity index (χ1v) is 12.7. The summed E-state index contributed by atoms with van der Waals surface area (Å²) in [4.78, 5) is 10.6. The molecule has 1 unspecified atom stereocenters. The van der Waals surface area contributed by atoms with Crippen LogP contribution in [0.4, 0.5) is 11.4 Å². The Morgan fingerprint density at radius 2 is 1.81 bits per heavy atom. The summed E-state index contributed by atoms with van der Waals surface area (Å²) in [6, 6.07) is 8.12. The molecule has 0 aromatic heterocycles. The molecule has 1 aliphatic rings. The third-order valence-electron chi connectivity index (χ3n) is 5.30. The lowest BCUT2D eigenvalue weighted by atomic mass is 10.0. The number of nitro groups is 1. The summed E-state index contributed by atoms with van der Waals surface area (Å²) in [5, 5.41) is 11.6. The van der Waals surface area contributed by atoms with Crippen LogP contribution in [0, 0.1) is 29.9 Å².